The summed E-state index contributed by atoms with van der Waals surface area (Å²) < 4.78 is 34.1. The van der Waals surface area contributed by atoms with E-state index in [1.54, 1.807) is 0 Å². The summed E-state index contributed by atoms with van der Waals surface area (Å²) in [5.41, 5.74) is 0. The first-order chi connectivity index (χ1) is 3.41. The molecule has 0 saturated heterocycles. The predicted octanol–water partition coefficient (Wildman–Crippen LogP) is -2.96. The van der Waals surface area contributed by atoms with Crippen LogP contribution in [0, 0.1) is 0 Å². The van der Waals surface area contributed by atoms with Crippen molar-refractivity contribution in [2.75, 3.05) is 0 Å². The Labute approximate surface area is 106 Å². The van der Waals surface area contributed by atoms with Crippen LogP contribution in [-0.2, 0) is 39.5 Å². The molecule has 0 amide bonds. The smallest absolute Gasteiger partial charge is 1.00 e. The molecule has 10 heavy (non-hydrogen) atoms. The van der Waals surface area contributed by atoms with Crippen molar-refractivity contribution in [1.82, 2.24) is 0 Å². The van der Waals surface area contributed by atoms with Gasteiger partial charge in [0.15, 0.2) is 0 Å². The molecule has 0 fully saturated rings. The standard InChI is InChI=1S/2ClH.Na.2Ni.H2O4S/c;;;;;1-5(2,3)4/h2*1H;;;;(H2,1,2,3,4)/q;;+1;2*+2;/p-4. The van der Waals surface area contributed by atoms with E-state index in [0.29, 0.717) is 12.7 Å². The average molecular weight is 307 g/mol. The molecule has 0 radical (unpaired) electrons. The molecule has 0 unspecified atom stereocenters. The van der Waals surface area contributed by atoms with Crippen LogP contribution in [0.2, 0.25) is 0 Å². The Morgan fingerprint density at radius 1 is 1.20 bits per heavy atom. The summed E-state index contributed by atoms with van der Waals surface area (Å²) in [5.74, 6) is 0. The number of halogens is 2. The molecular formula is Cl2NaNi2O4S+. The minimum absolute atomic E-state index is 0. The minimum Gasteiger partial charge on any atom is 1.00 e. The zero-order valence-corrected chi connectivity index (χ0v) is 10.7. The van der Waals surface area contributed by atoms with Gasteiger partial charge in [-0.05, 0) is 0 Å². The van der Waals surface area contributed by atoms with Crippen molar-refractivity contribution in [2.45, 2.75) is 0 Å². The molecule has 0 heterocycles. The summed E-state index contributed by atoms with van der Waals surface area (Å²) in [6, 6.07) is 0. The van der Waals surface area contributed by atoms with E-state index in [0.717, 1.165) is 0 Å². The van der Waals surface area contributed by atoms with Gasteiger partial charge in [0.05, 0.1) is 0 Å². The van der Waals surface area contributed by atoms with Gasteiger partial charge in [-0.25, -0.2) is 0 Å². The van der Waals surface area contributed by atoms with Gasteiger partial charge in [-0.1, -0.05) is 0 Å². The third-order valence-corrected chi connectivity index (χ3v) is 0. The largest absolute Gasteiger partial charge is 2.00 e. The van der Waals surface area contributed by atoms with Crippen LogP contribution < -0.4 is 29.6 Å². The second-order valence-corrected chi connectivity index (χ2v) is 2.90. The van der Waals surface area contributed by atoms with Crippen LogP contribution in [0.15, 0.2) is 0 Å². The average Bonchev–Trinajstić information content (AvgIpc) is 1.27. The molecule has 0 aliphatic heterocycles. The van der Waals surface area contributed by atoms with Crippen molar-refractivity contribution in [3.05, 3.63) is 0 Å². The van der Waals surface area contributed by atoms with Crippen LogP contribution in [0.3, 0.4) is 0 Å². The maximum absolute atomic E-state index is 8.52. The van der Waals surface area contributed by atoms with Gasteiger partial charge >= 0.3 is 79.1 Å². The van der Waals surface area contributed by atoms with E-state index in [1.807, 2.05) is 0 Å². The Morgan fingerprint density at radius 2 is 1.20 bits per heavy atom. The maximum atomic E-state index is 8.52. The maximum Gasteiger partial charge on any atom is 2.00 e. The van der Waals surface area contributed by atoms with Gasteiger partial charge in [-0.2, -0.15) is 0 Å². The van der Waals surface area contributed by atoms with Gasteiger partial charge in [0.1, 0.15) is 0 Å². The molecule has 0 N–H and O–H groups in total. The van der Waals surface area contributed by atoms with Gasteiger partial charge in [-0.15, -0.1) is 0 Å². The van der Waals surface area contributed by atoms with E-state index >= 15 is 0 Å². The predicted molar refractivity (Wildman–Crippen MR) is 22.2 cm³/mol. The van der Waals surface area contributed by atoms with E-state index in [1.165, 1.54) is 0 Å². The molecule has 0 spiro atoms. The minimum atomic E-state index is -5.17. The van der Waals surface area contributed by atoms with Crippen LogP contribution in [-0.4, -0.2) is 17.5 Å². The second kappa shape index (κ2) is 14.0. The van der Waals surface area contributed by atoms with Gasteiger partial charge in [-0.3, -0.25) is 8.42 Å². The van der Waals surface area contributed by atoms with Crippen molar-refractivity contribution < 1.29 is 76.2 Å². The number of rotatable bonds is 0. The van der Waals surface area contributed by atoms with E-state index < -0.39 is 10.4 Å². The molecule has 0 aliphatic rings. The molecule has 10 heteroatoms. The first-order valence-electron chi connectivity index (χ1n) is 0.906. The Hall–Kier alpha value is 2.44. The van der Waals surface area contributed by atoms with E-state index in [4.69, 9.17) is 37.9 Å². The topological polar surface area (TPSA) is 80.3 Å². The van der Waals surface area contributed by atoms with Crippen molar-refractivity contribution >= 4 is 30.8 Å². The summed E-state index contributed by atoms with van der Waals surface area (Å²) >= 11 is 0.569. The van der Waals surface area contributed by atoms with Gasteiger partial charge in [0.2, 0.25) is 0 Å². The fourth-order valence-electron chi connectivity index (χ4n) is 0. The van der Waals surface area contributed by atoms with Gasteiger partial charge in [0.25, 0.3) is 0 Å². The molecule has 0 bridgehead atoms. The second-order valence-electron chi connectivity index (χ2n) is 0.453. The third-order valence-electron chi connectivity index (χ3n) is 0. The van der Waals surface area contributed by atoms with Crippen LogP contribution >= 0.6 is 20.4 Å². The molecule has 64 valence electrons. The Balaban J connectivity index is -0.0000000326. The fraction of sp³-hybridized carbons (Fsp3) is 0. The SMILES string of the molecule is O=S(=O)([O-])[O-].[Cl][Ni][Cl].[Na+].[Ni+2]. The Bertz CT molecular complexity index is 115. The molecule has 0 aliphatic carbocycles. The first kappa shape index (κ1) is 22.9. The van der Waals surface area contributed by atoms with E-state index in [-0.39, 0.29) is 46.0 Å². The Morgan fingerprint density at radius 3 is 1.20 bits per heavy atom. The van der Waals surface area contributed by atoms with E-state index in [2.05, 4.69) is 0 Å². The molecule has 4 nitrogen and oxygen atoms in total. The Kier molecular flexibility index (Phi) is 32.0. The molecule has 0 aromatic carbocycles. The molecule has 0 aromatic rings. The normalized spacial score (nSPS) is 8.00. The monoisotopic (exact) mass is 305 g/mol. The van der Waals surface area contributed by atoms with E-state index in [9.17, 15) is 0 Å². The summed E-state index contributed by atoms with van der Waals surface area (Å²) in [6.45, 7) is 0. The zero-order chi connectivity index (χ0) is 7.21. The molecular weight excluding hydrogens is 307 g/mol. The van der Waals surface area contributed by atoms with Crippen LogP contribution in [0.1, 0.15) is 0 Å². The summed E-state index contributed by atoms with van der Waals surface area (Å²) in [5, 5.41) is 0. The molecule has 0 saturated carbocycles. The molecule has 0 rings (SSSR count). The van der Waals surface area contributed by atoms with Crippen LogP contribution in [0.4, 0.5) is 0 Å². The summed E-state index contributed by atoms with van der Waals surface area (Å²) in [6.07, 6.45) is 0. The summed E-state index contributed by atoms with van der Waals surface area (Å²) in [4.78, 5) is 0. The molecule has 0 aromatic heterocycles. The van der Waals surface area contributed by atoms with Gasteiger partial charge in [0, 0.05) is 10.4 Å². The van der Waals surface area contributed by atoms with Gasteiger partial charge < -0.3 is 9.11 Å². The first-order valence-corrected chi connectivity index (χ1v) is 4.96. The van der Waals surface area contributed by atoms with Crippen molar-refractivity contribution in [3.63, 3.8) is 0 Å². The fourth-order valence-corrected chi connectivity index (χ4v) is 0. The van der Waals surface area contributed by atoms with Crippen LogP contribution in [0.5, 0.6) is 0 Å². The van der Waals surface area contributed by atoms with Crippen molar-refractivity contribution in [1.29, 1.82) is 0 Å². The van der Waals surface area contributed by atoms with Crippen molar-refractivity contribution in [2.24, 2.45) is 0 Å². The zero-order valence-electron chi connectivity index (χ0n) is 4.43. The summed E-state index contributed by atoms with van der Waals surface area (Å²) in [7, 11) is 4.24. The number of hydrogen-bond acceptors (Lipinski definition) is 4. The van der Waals surface area contributed by atoms with Crippen molar-refractivity contribution in [3.8, 4) is 0 Å². The number of hydrogen-bond donors (Lipinski definition) is 0. The molecule has 0 atom stereocenters. The third kappa shape index (κ3) is 157. The van der Waals surface area contributed by atoms with Crippen LogP contribution in [0.25, 0.3) is 0 Å². The quantitative estimate of drug-likeness (QED) is 0.272.